The third kappa shape index (κ3) is 3.63. The number of benzene rings is 1. The molecule has 1 aromatic carbocycles. The summed E-state index contributed by atoms with van der Waals surface area (Å²) in [5.41, 5.74) is 1.84. The Morgan fingerprint density at radius 3 is 2.77 bits per heavy atom. The van der Waals surface area contributed by atoms with Crippen LogP contribution in [0.5, 0.6) is 0 Å². The van der Waals surface area contributed by atoms with E-state index in [-0.39, 0.29) is 17.3 Å². The molecule has 4 aromatic rings. The Hall–Kier alpha value is -3.33. The molecule has 0 spiro atoms. The third-order valence-corrected chi connectivity index (χ3v) is 6.57. The van der Waals surface area contributed by atoms with E-state index in [2.05, 4.69) is 14.7 Å². The summed E-state index contributed by atoms with van der Waals surface area (Å²) in [6.07, 6.45) is 4.88. The number of likely N-dealkylation sites (N-methyl/N-ethyl adjacent to an activating group) is 1. The Morgan fingerprint density at radius 2 is 2.00 bits per heavy atom. The van der Waals surface area contributed by atoms with Crippen molar-refractivity contribution in [3.8, 4) is 0 Å². The van der Waals surface area contributed by atoms with Crippen LogP contribution in [0.1, 0.15) is 13.8 Å². The first kappa shape index (κ1) is 20.0. The smallest absolute Gasteiger partial charge is 0.264 e. The maximum absolute atomic E-state index is 12.9. The molecule has 0 aliphatic rings. The molecule has 0 fully saturated rings. The van der Waals surface area contributed by atoms with Crippen molar-refractivity contribution in [2.75, 3.05) is 17.8 Å². The fourth-order valence-corrected chi connectivity index (χ4v) is 4.80. The standard InChI is InChI=1S/C21H23N5O3S/c1-3-25(4-2)20(27)14-26-11-9-15-12-16(7-8-18(15)26)24-30(28,29)19-13-23-21-17(19)6-5-10-22-21/h5-13,24H,3-4,14H2,1-2H3,(H,22,23). The number of aromatic amines is 1. The van der Waals surface area contributed by atoms with Gasteiger partial charge in [-0.05, 0) is 50.2 Å². The van der Waals surface area contributed by atoms with Gasteiger partial charge in [0.15, 0.2) is 0 Å². The number of carbonyl (C=O) groups excluding carboxylic acids is 1. The molecule has 0 bridgehead atoms. The zero-order valence-electron chi connectivity index (χ0n) is 16.8. The molecule has 0 saturated carbocycles. The van der Waals surface area contributed by atoms with E-state index in [1.165, 1.54) is 6.20 Å². The molecule has 156 valence electrons. The highest BCUT2D eigenvalue weighted by Gasteiger charge is 2.20. The normalized spacial score (nSPS) is 11.8. The summed E-state index contributed by atoms with van der Waals surface area (Å²) >= 11 is 0. The topological polar surface area (TPSA) is 100 Å². The molecule has 0 radical (unpaired) electrons. The van der Waals surface area contributed by atoms with Gasteiger partial charge in [0.25, 0.3) is 10.0 Å². The second kappa shape index (κ2) is 7.83. The summed E-state index contributed by atoms with van der Waals surface area (Å²) in [6, 6.07) is 10.6. The zero-order chi connectivity index (χ0) is 21.3. The van der Waals surface area contributed by atoms with Gasteiger partial charge in [0.2, 0.25) is 5.91 Å². The van der Waals surface area contributed by atoms with Crippen LogP contribution in [0, 0.1) is 0 Å². The van der Waals surface area contributed by atoms with Crippen LogP contribution in [0.15, 0.2) is 59.9 Å². The molecule has 0 saturated heterocycles. The van der Waals surface area contributed by atoms with Crippen LogP contribution >= 0.6 is 0 Å². The molecule has 1 amide bonds. The number of nitrogens with zero attached hydrogens (tertiary/aromatic N) is 3. The lowest BCUT2D eigenvalue weighted by atomic mass is 10.2. The number of H-pyrrole nitrogens is 1. The fraction of sp³-hybridized carbons (Fsp3) is 0.238. The molecule has 9 heteroatoms. The van der Waals surface area contributed by atoms with Crippen molar-refractivity contribution in [2.45, 2.75) is 25.3 Å². The molecule has 2 N–H and O–H groups in total. The number of anilines is 1. The molecule has 3 heterocycles. The summed E-state index contributed by atoms with van der Waals surface area (Å²) in [7, 11) is -3.78. The zero-order valence-corrected chi connectivity index (χ0v) is 17.6. The number of sulfonamides is 1. The second-order valence-electron chi connectivity index (χ2n) is 6.94. The van der Waals surface area contributed by atoms with Gasteiger partial charge in [-0.3, -0.25) is 9.52 Å². The monoisotopic (exact) mass is 425 g/mol. The Labute approximate surface area is 174 Å². The minimum absolute atomic E-state index is 0.0511. The Balaban J connectivity index is 1.59. The van der Waals surface area contributed by atoms with E-state index in [9.17, 15) is 13.2 Å². The predicted molar refractivity (Wildman–Crippen MR) is 117 cm³/mol. The molecule has 0 unspecified atom stereocenters. The van der Waals surface area contributed by atoms with Crippen LogP contribution in [0.3, 0.4) is 0 Å². The number of nitrogens with one attached hydrogen (secondary N) is 2. The van der Waals surface area contributed by atoms with Crippen molar-refractivity contribution < 1.29 is 13.2 Å². The maximum Gasteiger partial charge on any atom is 0.264 e. The van der Waals surface area contributed by atoms with Crippen molar-refractivity contribution in [1.29, 1.82) is 0 Å². The summed E-state index contributed by atoms with van der Waals surface area (Å²) < 4.78 is 30.3. The van der Waals surface area contributed by atoms with Gasteiger partial charge in [-0.2, -0.15) is 0 Å². The van der Waals surface area contributed by atoms with E-state index in [0.717, 1.165) is 10.9 Å². The van der Waals surface area contributed by atoms with Crippen LogP contribution < -0.4 is 4.72 Å². The van der Waals surface area contributed by atoms with E-state index < -0.39 is 10.0 Å². The van der Waals surface area contributed by atoms with Crippen LogP contribution in [0.2, 0.25) is 0 Å². The number of aromatic nitrogens is 3. The number of hydrogen-bond donors (Lipinski definition) is 2. The lowest BCUT2D eigenvalue weighted by molar-refractivity contribution is -0.131. The molecule has 0 atom stereocenters. The average Bonchev–Trinajstić information content (AvgIpc) is 3.33. The van der Waals surface area contributed by atoms with Crippen molar-refractivity contribution in [1.82, 2.24) is 19.4 Å². The maximum atomic E-state index is 12.9. The van der Waals surface area contributed by atoms with Gasteiger partial charge in [0.05, 0.1) is 0 Å². The molecule has 4 rings (SSSR count). The first-order valence-corrected chi connectivity index (χ1v) is 11.2. The third-order valence-electron chi connectivity index (χ3n) is 5.15. The summed E-state index contributed by atoms with van der Waals surface area (Å²) in [5, 5.41) is 1.38. The molecule has 8 nitrogen and oxygen atoms in total. The van der Waals surface area contributed by atoms with Crippen LogP contribution in [0.25, 0.3) is 21.9 Å². The van der Waals surface area contributed by atoms with Crippen molar-refractivity contribution in [2.24, 2.45) is 0 Å². The van der Waals surface area contributed by atoms with Gasteiger partial charge in [-0.1, -0.05) is 0 Å². The minimum Gasteiger partial charge on any atom is -0.345 e. The van der Waals surface area contributed by atoms with Gasteiger partial charge < -0.3 is 14.5 Å². The lowest BCUT2D eigenvalue weighted by Gasteiger charge is -2.19. The Bertz CT molecular complexity index is 1320. The number of carbonyl (C=O) groups is 1. The van der Waals surface area contributed by atoms with Gasteiger partial charge in [-0.25, -0.2) is 13.4 Å². The molecule has 0 aliphatic carbocycles. The lowest BCUT2D eigenvalue weighted by Crippen LogP contribution is -2.33. The first-order valence-electron chi connectivity index (χ1n) is 9.74. The van der Waals surface area contributed by atoms with Gasteiger partial charge in [0.1, 0.15) is 17.1 Å². The SMILES string of the molecule is CCN(CC)C(=O)Cn1ccc2cc(NS(=O)(=O)c3c[nH]c4ncccc34)ccc21. The van der Waals surface area contributed by atoms with E-state index in [1.807, 2.05) is 36.7 Å². The van der Waals surface area contributed by atoms with Crippen molar-refractivity contribution in [3.63, 3.8) is 0 Å². The van der Waals surface area contributed by atoms with E-state index in [1.54, 1.807) is 35.4 Å². The fourth-order valence-electron chi connectivity index (χ4n) is 3.59. The highest BCUT2D eigenvalue weighted by atomic mass is 32.2. The van der Waals surface area contributed by atoms with Crippen molar-refractivity contribution >= 4 is 43.6 Å². The predicted octanol–water partition coefficient (Wildman–Crippen LogP) is 3.19. The molecule has 0 aliphatic heterocycles. The quantitative estimate of drug-likeness (QED) is 0.475. The largest absolute Gasteiger partial charge is 0.345 e. The summed E-state index contributed by atoms with van der Waals surface area (Å²) in [4.78, 5) is 21.4. The minimum atomic E-state index is -3.78. The van der Waals surface area contributed by atoms with E-state index in [0.29, 0.717) is 29.8 Å². The van der Waals surface area contributed by atoms with Gasteiger partial charge in [0, 0.05) is 53.7 Å². The Kier molecular flexibility index (Phi) is 5.21. The van der Waals surface area contributed by atoms with Crippen molar-refractivity contribution in [3.05, 3.63) is 55.0 Å². The molecular formula is C21H23N5O3S. The van der Waals surface area contributed by atoms with Gasteiger partial charge in [-0.15, -0.1) is 0 Å². The van der Waals surface area contributed by atoms with Crippen LogP contribution in [-0.2, 0) is 21.4 Å². The first-order chi connectivity index (χ1) is 14.4. The number of pyridine rings is 1. The van der Waals surface area contributed by atoms with Crippen LogP contribution in [-0.4, -0.2) is 46.8 Å². The van der Waals surface area contributed by atoms with E-state index in [4.69, 9.17) is 0 Å². The number of fused-ring (bicyclic) bond motifs is 2. The molecular weight excluding hydrogens is 402 g/mol. The van der Waals surface area contributed by atoms with Crippen LogP contribution in [0.4, 0.5) is 5.69 Å². The van der Waals surface area contributed by atoms with Gasteiger partial charge >= 0.3 is 0 Å². The second-order valence-corrected chi connectivity index (χ2v) is 8.59. The average molecular weight is 426 g/mol. The molecule has 3 aromatic heterocycles. The Morgan fingerprint density at radius 1 is 1.20 bits per heavy atom. The number of hydrogen-bond acceptors (Lipinski definition) is 4. The highest BCUT2D eigenvalue weighted by Crippen LogP contribution is 2.26. The summed E-state index contributed by atoms with van der Waals surface area (Å²) in [6.45, 7) is 5.50. The number of rotatable bonds is 7. The number of amides is 1. The summed E-state index contributed by atoms with van der Waals surface area (Å²) in [5.74, 6) is 0.0511. The highest BCUT2D eigenvalue weighted by molar-refractivity contribution is 7.93. The van der Waals surface area contributed by atoms with E-state index >= 15 is 0 Å². The molecule has 30 heavy (non-hydrogen) atoms.